The molecule has 61 heavy (non-hydrogen) atoms. The van der Waals surface area contributed by atoms with E-state index in [0.29, 0.717) is 30.8 Å². The van der Waals surface area contributed by atoms with Crippen molar-refractivity contribution in [3.63, 3.8) is 0 Å². The van der Waals surface area contributed by atoms with Gasteiger partial charge in [-0.1, -0.05) is 119 Å². The standard InChI is InChI=1S/C50H65N5O6/c1-3-5-7-9-17-27-61-45-33-55(32-42(45)46(56)51-26-16-8-6-4-2)50(60)37-24-22-36(23-25-37)49(59)54-30-40(47(57)52-43-28-38(43)34-18-12-10-13-19-34)41(31-54)48(58)53-44-29-39(44)35-20-14-11-15-21-35/h10-15,18-25,38-45H,3-9,16-17,26-33H2,1-2H3,(H,51,56)(H,52,57)(H,53,58)/t38-,39-,40-,41-,42+,43+,44+,45+/m1/s1. The summed E-state index contributed by atoms with van der Waals surface area (Å²) in [6, 6.07) is 26.8. The van der Waals surface area contributed by atoms with Crippen LogP contribution in [0.5, 0.6) is 0 Å². The molecule has 11 heteroatoms. The minimum absolute atomic E-state index is 0.00690. The highest BCUT2D eigenvalue weighted by Crippen LogP contribution is 2.42. The second-order valence-corrected chi connectivity index (χ2v) is 17.7. The van der Waals surface area contributed by atoms with Crippen molar-refractivity contribution in [2.75, 3.05) is 39.3 Å². The van der Waals surface area contributed by atoms with E-state index in [0.717, 1.165) is 57.8 Å². The molecule has 7 rings (SSSR count). The molecule has 0 unspecified atom stereocenters. The van der Waals surface area contributed by atoms with Gasteiger partial charge in [0.2, 0.25) is 17.7 Å². The number of hydrogen-bond acceptors (Lipinski definition) is 6. The summed E-state index contributed by atoms with van der Waals surface area (Å²) in [5, 5.41) is 9.48. The van der Waals surface area contributed by atoms with Crippen molar-refractivity contribution >= 4 is 29.5 Å². The fourth-order valence-electron chi connectivity index (χ4n) is 9.24. The van der Waals surface area contributed by atoms with Gasteiger partial charge in [-0.3, -0.25) is 24.0 Å². The fraction of sp³-hybridized carbons (Fsp3) is 0.540. The summed E-state index contributed by atoms with van der Waals surface area (Å²) < 4.78 is 6.27. The Morgan fingerprint density at radius 1 is 0.541 bits per heavy atom. The van der Waals surface area contributed by atoms with Gasteiger partial charge in [0.05, 0.1) is 23.9 Å². The molecule has 326 valence electrons. The van der Waals surface area contributed by atoms with Crippen LogP contribution in [-0.4, -0.2) is 96.9 Å². The maximum absolute atomic E-state index is 14.1. The Bertz CT molecular complexity index is 1870. The zero-order valence-corrected chi connectivity index (χ0v) is 36.1. The van der Waals surface area contributed by atoms with Crippen LogP contribution < -0.4 is 16.0 Å². The predicted octanol–water partition coefficient (Wildman–Crippen LogP) is 6.84. The number of nitrogens with zero attached hydrogens (tertiary/aromatic N) is 2. The van der Waals surface area contributed by atoms with Crippen molar-refractivity contribution in [2.45, 2.75) is 114 Å². The van der Waals surface area contributed by atoms with E-state index in [2.05, 4.69) is 54.1 Å². The number of nitrogens with one attached hydrogen (secondary N) is 3. The van der Waals surface area contributed by atoms with E-state index in [1.54, 1.807) is 34.1 Å². The highest BCUT2D eigenvalue weighted by Gasteiger charge is 2.49. The summed E-state index contributed by atoms with van der Waals surface area (Å²) in [5.74, 6) is -2.37. The van der Waals surface area contributed by atoms with Gasteiger partial charge in [-0.15, -0.1) is 0 Å². The first-order valence-corrected chi connectivity index (χ1v) is 23.0. The van der Waals surface area contributed by atoms with Gasteiger partial charge in [0.15, 0.2) is 0 Å². The topological polar surface area (TPSA) is 137 Å². The number of carbonyl (C=O) groups excluding carboxylic acids is 5. The van der Waals surface area contributed by atoms with Crippen LogP contribution in [0.3, 0.4) is 0 Å². The molecule has 3 N–H and O–H groups in total. The van der Waals surface area contributed by atoms with Gasteiger partial charge in [-0.25, -0.2) is 0 Å². The molecule has 3 aromatic rings. The smallest absolute Gasteiger partial charge is 0.253 e. The summed E-state index contributed by atoms with van der Waals surface area (Å²) >= 11 is 0. The Kier molecular flexibility index (Phi) is 15.3. The van der Waals surface area contributed by atoms with Crippen molar-refractivity contribution in [2.24, 2.45) is 17.8 Å². The van der Waals surface area contributed by atoms with E-state index in [1.807, 2.05) is 36.4 Å². The first kappa shape index (κ1) is 44.0. The lowest BCUT2D eigenvalue weighted by atomic mass is 9.94. The van der Waals surface area contributed by atoms with Crippen LogP contribution in [0, 0.1) is 17.8 Å². The highest BCUT2D eigenvalue weighted by molar-refractivity contribution is 5.99. The van der Waals surface area contributed by atoms with Crippen molar-refractivity contribution in [3.8, 4) is 0 Å². The zero-order valence-electron chi connectivity index (χ0n) is 36.1. The molecule has 0 bridgehead atoms. The quantitative estimate of drug-likeness (QED) is 0.101. The third kappa shape index (κ3) is 11.5. The minimum Gasteiger partial charge on any atom is -0.375 e. The maximum Gasteiger partial charge on any atom is 0.253 e. The van der Waals surface area contributed by atoms with Crippen molar-refractivity contribution < 1.29 is 28.7 Å². The molecule has 2 aliphatic heterocycles. The fourth-order valence-corrected chi connectivity index (χ4v) is 9.24. The Balaban J connectivity index is 0.981. The lowest BCUT2D eigenvalue weighted by Gasteiger charge is -2.18. The molecule has 4 aliphatic rings. The van der Waals surface area contributed by atoms with E-state index >= 15 is 0 Å². The molecular formula is C50H65N5O6. The average molecular weight is 832 g/mol. The molecule has 0 aromatic heterocycles. The summed E-state index contributed by atoms with van der Waals surface area (Å²) in [6.07, 6.45) is 11.1. The van der Waals surface area contributed by atoms with E-state index in [9.17, 15) is 24.0 Å². The van der Waals surface area contributed by atoms with E-state index < -0.39 is 17.8 Å². The van der Waals surface area contributed by atoms with Gasteiger partial charge in [0.1, 0.15) is 0 Å². The van der Waals surface area contributed by atoms with Crippen LogP contribution in [0.25, 0.3) is 0 Å². The van der Waals surface area contributed by atoms with Gasteiger partial charge < -0.3 is 30.5 Å². The Morgan fingerprint density at radius 2 is 1.00 bits per heavy atom. The number of ether oxygens (including phenoxy) is 1. The molecule has 0 radical (unpaired) electrons. The Morgan fingerprint density at radius 3 is 1.51 bits per heavy atom. The van der Waals surface area contributed by atoms with Gasteiger partial charge >= 0.3 is 0 Å². The second-order valence-electron chi connectivity index (χ2n) is 17.7. The molecule has 2 saturated carbocycles. The molecule has 2 saturated heterocycles. The first-order chi connectivity index (χ1) is 29.7. The summed E-state index contributed by atoms with van der Waals surface area (Å²) in [5.41, 5.74) is 3.15. The number of likely N-dealkylation sites (tertiary alicyclic amines) is 2. The predicted molar refractivity (Wildman–Crippen MR) is 236 cm³/mol. The molecule has 3 aromatic carbocycles. The molecule has 4 fully saturated rings. The van der Waals surface area contributed by atoms with Crippen LogP contribution in [0.2, 0.25) is 0 Å². The van der Waals surface area contributed by atoms with Crippen molar-refractivity contribution in [3.05, 3.63) is 107 Å². The molecule has 0 spiro atoms. The van der Waals surface area contributed by atoms with Crippen molar-refractivity contribution in [1.29, 1.82) is 0 Å². The largest absolute Gasteiger partial charge is 0.375 e. The third-order valence-electron chi connectivity index (χ3n) is 13.2. The third-order valence-corrected chi connectivity index (χ3v) is 13.2. The van der Waals surface area contributed by atoms with E-state index in [-0.39, 0.29) is 79.2 Å². The van der Waals surface area contributed by atoms with Crippen LogP contribution >= 0.6 is 0 Å². The zero-order chi connectivity index (χ0) is 42.7. The monoisotopic (exact) mass is 831 g/mol. The van der Waals surface area contributed by atoms with Crippen LogP contribution in [0.4, 0.5) is 0 Å². The SMILES string of the molecule is CCCCCCCO[C@H]1CN(C(=O)c2ccc(C(=O)N3C[C@@H](C(=O)N[C@H]4C[C@@H]4c4ccccc4)[C@H](C(=O)N[C@H]4C[C@@H]4c4ccccc4)C3)cc2)C[C@@H]1C(=O)NCCCCCC. The normalized spacial score (nSPS) is 25.2. The summed E-state index contributed by atoms with van der Waals surface area (Å²) in [6.45, 7) is 6.34. The lowest BCUT2D eigenvalue weighted by Crippen LogP contribution is -2.43. The molecule has 8 atom stereocenters. The molecule has 2 heterocycles. The maximum atomic E-state index is 14.1. The summed E-state index contributed by atoms with van der Waals surface area (Å²) in [7, 11) is 0. The van der Waals surface area contributed by atoms with Crippen LogP contribution in [0.1, 0.15) is 128 Å². The number of carbonyl (C=O) groups is 5. The van der Waals surface area contributed by atoms with Gasteiger partial charge in [0, 0.05) is 74.4 Å². The number of amides is 5. The molecule has 5 amide bonds. The minimum atomic E-state index is -0.695. The molecule has 2 aliphatic carbocycles. The van der Waals surface area contributed by atoms with Gasteiger partial charge in [-0.05, 0) is 61.1 Å². The molecule has 11 nitrogen and oxygen atoms in total. The van der Waals surface area contributed by atoms with Crippen molar-refractivity contribution in [1.82, 2.24) is 25.8 Å². The summed E-state index contributed by atoms with van der Waals surface area (Å²) in [4.78, 5) is 72.4. The number of unbranched alkanes of at least 4 members (excludes halogenated alkanes) is 7. The number of hydrogen-bond donors (Lipinski definition) is 3. The van der Waals surface area contributed by atoms with Gasteiger partial charge in [-0.2, -0.15) is 0 Å². The second kappa shape index (κ2) is 21.2. The molecular weight excluding hydrogens is 767 g/mol. The van der Waals surface area contributed by atoms with Crippen LogP contribution in [0.15, 0.2) is 84.9 Å². The number of benzene rings is 3. The van der Waals surface area contributed by atoms with E-state index in [1.165, 1.54) is 24.0 Å². The van der Waals surface area contributed by atoms with E-state index in [4.69, 9.17) is 4.74 Å². The highest BCUT2D eigenvalue weighted by atomic mass is 16.5. The number of rotatable bonds is 21. The Labute approximate surface area is 361 Å². The average Bonchev–Trinajstić information content (AvgIpc) is 4.14. The van der Waals surface area contributed by atoms with Crippen LogP contribution in [-0.2, 0) is 19.1 Å². The van der Waals surface area contributed by atoms with Gasteiger partial charge in [0.25, 0.3) is 11.8 Å². The lowest BCUT2D eigenvalue weighted by molar-refractivity contribution is -0.133. The Hall–Kier alpha value is -5.03. The first-order valence-electron chi connectivity index (χ1n) is 23.0.